The van der Waals surface area contributed by atoms with E-state index in [9.17, 15) is 5.11 Å². The van der Waals surface area contributed by atoms with Gasteiger partial charge in [-0.25, -0.2) is 0 Å². The number of aliphatic hydroxyl groups excluding tert-OH is 1. The average molecular weight is 231 g/mol. The van der Waals surface area contributed by atoms with Crippen LogP contribution in [0, 0.1) is 6.92 Å². The zero-order valence-electron chi connectivity index (χ0n) is 10.2. The van der Waals surface area contributed by atoms with E-state index in [2.05, 4.69) is 17.0 Å². The molecule has 2 heterocycles. The number of hydrogen-bond acceptors (Lipinski definition) is 3. The minimum Gasteiger partial charge on any atom is -0.383 e. The summed E-state index contributed by atoms with van der Waals surface area (Å²) in [5, 5.41) is 14.4. The van der Waals surface area contributed by atoms with Crippen LogP contribution in [0.4, 0.5) is 0 Å². The molecule has 0 bridgehead atoms. The molecule has 0 aliphatic rings. The van der Waals surface area contributed by atoms with Crippen LogP contribution in [0.5, 0.6) is 0 Å². The highest BCUT2D eigenvalue weighted by Crippen LogP contribution is 2.20. The van der Waals surface area contributed by atoms with Gasteiger partial charge < -0.3 is 5.11 Å². The van der Waals surface area contributed by atoms with E-state index in [0.717, 1.165) is 29.8 Å². The summed E-state index contributed by atoms with van der Waals surface area (Å²) >= 11 is 0. The van der Waals surface area contributed by atoms with Gasteiger partial charge in [-0.1, -0.05) is 13.0 Å². The SMILES string of the molecule is CCCn1cc(C(O)c2ccc(C)nc2)cn1. The molecular weight excluding hydrogens is 214 g/mol. The van der Waals surface area contributed by atoms with Crippen LogP contribution in [-0.2, 0) is 6.54 Å². The van der Waals surface area contributed by atoms with Crippen LogP contribution in [0.2, 0.25) is 0 Å². The summed E-state index contributed by atoms with van der Waals surface area (Å²) in [4.78, 5) is 4.18. The van der Waals surface area contributed by atoms with E-state index in [1.54, 1.807) is 12.4 Å². The predicted molar refractivity (Wildman–Crippen MR) is 65.6 cm³/mol. The van der Waals surface area contributed by atoms with Crippen molar-refractivity contribution in [1.29, 1.82) is 0 Å². The number of pyridine rings is 1. The van der Waals surface area contributed by atoms with Crippen LogP contribution in [-0.4, -0.2) is 19.9 Å². The molecule has 0 fully saturated rings. The number of aromatic nitrogens is 3. The number of nitrogens with zero attached hydrogens (tertiary/aromatic N) is 3. The smallest absolute Gasteiger partial charge is 0.109 e. The van der Waals surface area contributed by atoms with E-state index in [4.69, 9.17) is 0 Å². The Kier molecular flexibility index (Phi) is 3.54. The van der Waals surface area contributed by atoms with Crippen molar-refractivity contribution >= 4 is 0 Å². The van der Waals surface area contributed by atoms with Crippen molar-refractivity contribution in [2.24, 2.45) is 0 Å². The molecule has 0 aromatic carbocycles. The van der Waals surface area contributed by atoms with E-state index in [1.165, 1.54) is 0 Å². The average Bonchev–Trinajstić information content (AvgIpc) is 2.78. The van der Waals surface area contributed by atoms with Crippen molar-refractivity contribution < 1.29 is 5.11 Å². The number of aliphatic hydroxyl groups is 1. The lowest BCUT2D eigenvalue weighted by molar-refractivity contribution is 0.219. The van der Waals surface area contributed by atoms with Gasteiger partial charge in [0.1, 0.15) is 6.10 Å². The maximum absolute atomic E-state index is 10.2. The minimum absolute atomic E-state index is 0.645. The van der Waals surface area contributed by atoms with Crippen molar-refractivity contribution in [1.82, 2.24) is 14.8 Å². The van der Waals surface area contributed by atoms with E-state index < -0.39 is 6.10 Å². The van der Waals surface area contributed by atoms with Gasteiger partial charge in [0.2, 0.25) is 0 Å². The molecule has 2 rings (SSSR count). The maximum Gasteiger partial charge on any atom is 0.109 e. The van der Waals surface area contributed by atoms with Crippen molar-refractivity contribution in [2.45, 2.75) is 32.9 Å². The highest BCUT2D eigenvalue weighted by molar-refractivity contribution is 5.25. The molecule has 0 spiro atoms. The normalized spacial score (nSPS) is 12.6. The van der Waals surface area contributed by atoms with Gasteiger partial charge in [-0.05, 0) is 19.4 Å². The lowest BCUT2D eigenvalue weighted by Gasteiger charge is -2.08. The van der Waals surface area contributed by atoms with E-state index in [0.29, 0.717) is 0 Å². The molecule has 0 amide bonds. The van der Waals surface area contributed by atoms with Crippen LogP contribution in [0.1, 0.15) is 36.3 Å². The lowest BCUT2D eigenvalue weighted by Crippen LogP contribution is -2.00. The second kappa shape index (κ2) is 5.10. The lowest BCUT2D eigenvalue weighted by atomic mass is 10.1. The molecule has 1 atom stereocenters. The summed E-state index contributed by atoms with van der Waals surface area (Å²) in [7, 11) is 0. The largest absolute Gasteiger partial charge is 0.383 e. The Labute approximate surface area is 101 Å². The molecule has 0 aliphatic carbocycles. The maximum atomic E-state index is 10.2. The van der Waals surface area contributed by atoms with Gasteiger partial charge in [0.05, 0.1) is 6.20 Å². The Balaban J connectivity index is 2.18. The first-order chi connectivity index (χ1) is 8.20. The van der Waals surface area contributed by atoms with Crippen LogP contribution >= 0.6 is 0 Å². The minimum atomic E-state index is -0.645. The van der Waals surface area contributed by atoms with Crippen molar-refractivity contribution in [2.75, 3.05) is 0 Å². The molecule has 17 heavy (non-hydrogen) atoms. The summed E-state index contributed by atoms with van der Waals surface area (Å²) < 4.78 is 1.85. The first-order valence-corrected chi connectivity index (χ1v) is 5.83. The molecule has 2 aromatic heterocycles. The summed E-state index contributed by atoms with van der Waals surface area (Å²) in [5.41, 5.74) is 2.55. The third kappa shape index (κ3) is 2.71. The Hall–Kier alpha value is -1.68. The third-order valence-electron chi connectivity index (χ3n) is 2.67. The summed E-state index contributed by atoms with van der Waals surface area (Å²) in [5.74, 6) is 0. The zero-order valence-corrected chi connectivity index (χ0v) is 10.2. The second-order valence-electron chi connectivity index (χ2n) is 4.17. The van der Waals surface area contributed by atoms with E-state index in [1.807, 2.05) is 29.9 Å². The van der Waals surface area contributed by atoms with Crippen molar-refractivity contribution in [3.8, 4) is 0 Å². The third-order valence-corrected chi connectivity index (χ3v) is 2.67. The number of hydrogen-bond donors (Lipinski definition) is 1. The fourth-order valence-corrected chi connectivity index (χ4v) is 1.71. The Bertz CT molecular complexity index is 476. The monoisotopic (exact) mass is 231 g/mol. The molecule has 90 valence electrons. The van der Waals surface area contributed by atoms with Crippen LogP contribution < -0.4 is 0 Å². The molecule has 0 aliphatic heterocycles. The first-order valence-electron chi connectivity index (χ1n) is 5.83. The molecular formula is C13H17N3O. The van der Waals surface area contributed by atoms with Gasteiger partial charge in [-0.3, -0.25) is 9.67 Å². The zero-order chi connectivity index (χ0) is 12.3. The molecule has 0 saturated carbocycles. The fourth-order valence-electron chi connectivity index (χ4n) is 1.71. The van der Waals surface area contributed by atoms with Crippen molar-refractivity contribution in [3.05, 3.63) is 47.5 Å². The summed E-state index contributed by atoms with van der Waals surface area (Å²) in [6.45, 7) is 4.90. The molecule has 0 saturated heterocycles. The quantitative estimate of drug-likeness (QED) is 0.876. The summed E-state index contributed by atoms with van der Waals surface area (Å²) in [6, 6.07) is 3.79. The second-order valence-corrected chi connectivity index (χ2v) is 4.17. The van der Waals surface area contributed by atoms with Crippen LogP contribution in [0.3, 0.4) is 0 Å². The van der Waals surface area contributed by atoms with Gasteiger partial charge in [0.15, 0.2) is 0 Å². The van der Waals surface area contributed by atoms with Gasteiger partial charge in [-0.2, -0.15) is 5.10 Å². The summed E-state index contributed by atoms with van der Waals surface area (Å²) in [6.07, 6.45) is 5.68. The molecule has 1 unspecified atom stereocenters. The Morgan fingerprint density at radius 3 is 2.76 bits per heavy atom. The first kappa shape index (κ1) is 11.8. The van der Waals surface area contributed by atoms with E-state index in [-0.39, 0.29) is 0 Å². The topological polar surface area (TPSA) is 50.9 Å². The fraction of sp³-hybridized carbons (Fsp3) is 0.385. The van der Waals surface area contributed by atoms with E-state index >= 15 is 0 Å². The highest BCUT2D eigenvalue weighted by Gasteiger charge is 2.12. The predicted octanol–water partition coefficient (Wildman–Crippen LogP) is 2.08. The molecule has 4 heteroatoms. The molecule has 0 radical (unpaired) electrons. The van der Waals surface area contributed by atoms with Gasteiger partial charge in [0.25, 0.3) is 0 Å². The van der Waals surface area contributed by atoms with Crippen LogP contribution in [0.15, 0.2) is 30.7 Å². The van der Waals surface area contributed by atoms with Gasteiger partial charge >= 0.3 is 0 Å². The van der Waals surface area contributed by atoms with Gasteiger partial charge in [-0.15, -0.1) is 0 Å². The standard InChI is InChI=1S/C13H17N3O/c1-3-6-16-9-12(8-15-16)13(17)11-5-4-10(2)14-7-11/h4-5,7-9,13,17H,3,6H2,1-2H3. The highest BCUT2D eigenvalue weighted by atomic mass is 16.3. The Morgan fingerprint density at radius 1 is 1.29 bits per heavy atom. The molecule has 2 aromatic rings. The Morgan fingerprint density at radius 2 is 2.12 bits per heavy atom. The number of aryl methyl sites for hydroxylation is 2. The van der Waals surface area contributed by atoms with Crippen molar-refractivity contribution in [3.63, 3.8) is 0 Å². The number of rotatable bonds is 4. The molecule has 1 N–H and O–H groups in total. The molecule has 4 nitrogen and oxygen atoms in total. The van der Waals surface area contributed by atoms with Gasteiger partial charge in [0, 0.05) is 35.8 Å². The van der Waals surface area contributed by atoms with Crippen LogP contribution in [0.25, 0.3) is 0 Å².